The van der Waals surface area contributed by atoms with Gasteiger partial charge in [0, 0.05) is 12.1 Å². The Morgan fingerprint density at radius 1 is 1.40 bits per heavy atom. The van der Waals surface area contributed by atoms with Crippen LogP contribution in [0, 0.1) is 0 Å². The van der Waals surface area contributed by atoms with Gasteiger partial charge in [0.25, 0.3) is 0 Å². The lowest BCUT2D eigenvalue weighted by molar-refractivity contribution is 0.123. The summed E-state index contributed by atoms with van der Waals surface area (Å²) in [7, 11) is 0. The topological polar surface area (TPSA) is 23.5 Å². The highest BCUT2D eigenvalue weighted by atomic mass is 16.3. The van der Waals surface area contributed by atoms with Crippen LogP contribution in [-0.2, 0) is 0 Å². The van der Waals surface area contributed by atoms with E-state index in [1.54, 1.807) is 0 Å². The lowest BCUT2D eigenvalue weighted by Crippen LogP contribution is -2.35. The Morgan fingerprint density at radius 3 is 2.80 bits per heavy atom. The Morgan fingerprint density at radius 2 is 2.13 bits per heavy atom. The van der Waals surface area contributed by atoms with E-state index in [1.165, 1.54) is 18.4 Å². The summed E-state index contributed by atoms with van der Waals surface area (Å²) in [5, 5.41) is 9.22. The van der Waals surface area contributed by atoms with Crippen LogP contribution in [0.25, 0.3) is 0 Å². The molecule has 1 aliphatic heterocycles. The average molecular weight is 205 g/mol. The van der Waals surface area contributed by atoms with Crippen LogP contribution in [0.4, 0.5) is 0 Å². The summed E-state index contributed by atoms with van der Waals surface area (Å²) >= 11 is 0. The van der Waals surface area contributed by atoms with Crippen molar-refractivity contribution in [3.63, 3.8) is 0 Å². The Bertz CT molecular complexity index is 299. The summed E-state index contributed by atoms with van der Waals surface area (Å²) in [6, 6.07) is 11.4. The highest BCUT2D eigenvalue weighted by molar-refractivity contribution is 5.20. The van der Waals surface area contributed by atoms with Crippen LogP contribution >= 0.6 is 0 Å². The first kappa shape index (κ1) is 10.7. The van der Waals surface area contributed by atoms with Crippen LogP contribution in [0.1, 0.15) is 31.4 Å². The monoisotopic (exact) mass is 205 g/mol. The van der Waals surface area contributed by atoms with Gasteiger partial charge in [0.2, 0.25) is 0 Å². The molecule has 0 bridgehead atoms. The van der Waals surface area contributed by atoms with Crippen molar-refractivity contribution in [2.24, 2.45) is 0 Å². The third kappa shape index (κ3) is 2.21. The molecule has 2 unspecified atom stereocenters. The summed E-state index contributed by atoms with van der Waals surface area (Å²) in [6.07, 6.45) is 2.46. The van der Waals surface area contributed by atoms with E-state index >= 15 is 0 Å². The summed E-state index contributed by atoms with van der Waals surface area (Å²) in [5.74, 6) is 0. The van der Waals surface area contributed by atoms with Gasteiger partial charge in [0.15, 0.2) is 0 Å². The number of hydrogen-bond acceptors (Lipinski definition) is 2. The van der Waals surface area contributed by atoms with Crippen molar-refractivity contribution in [1.82, 2.24) is 4.90 Å². The van der Waals surface area contributed by atoms with E-state index in [-0.39, 0.29) is 12.6 Å². The maximum absolute atomic E-state index is 9.22. The zero-order valence-electron chi connectivity index (χ0n) is 9.26. The van der Waals surface area contributed by atoms with Crippen LogP contribution in [0.2, 0.25) is 0 Å². The second-order valence-corrected chi connectivity index (χ2v) is 4.34. The molecule has 2 nitrogen and oxygen atoms in total. The van der Waals surface area contributed by atoms with Crippen molar-refractivity contribution in [3.8, 4) is 0 Å². The molecule has 0 aliphatic carbocycles. The maximum Gasteiger partial charge on any atom is 0.0584 e. The fraction of sp³-hybridized carbons (Fsp3) is 0.538. The quantitative estimate of drug-likeness (QED) is 0.817. The highest BCUT2D eigenvalue weighted by Gasteiger charge is 2.28. The van der Waals surface area contributed by atoms with E-state index in [9.17, 15) is 5.11 Å². The van der Waals surface area contributed by atoms with Crippen LogP contribution in [-0.4, -0.2) is 29.2 Å². The average Bonchev–Trinajstić information content (AvgIpc) is 2.78. The molecule has 2 atom stereocenters. The SMILES string of the molecule is CC(CO)N1CCCC1c1ccccc1. The molecular formula is C13H19NO. The fourth-order valence-corrected chi connectivity index (χ4v) is 2.45. The third-order valence-corrected chi connectivity index (χ3v) is 3.31. The molecule has 0 aromatic heterocycles. The van der Waals surface area contributed by atoms with E-state index in [4.69, 9.17) is 0 Å². The number of rotatable bonds is 3. The lowest BCUT2D eigenvalue weighted by atomic mass is 10.0. The molecule has 2 rings (SSSR count). The molecule has 0 radical (unpaired) electrons. The summed E-state index contributed by atoms with van der Waals surface area (Å²) in [5.41, 5.74) is 1.38. The number of nitrogens with zero attached hydrogens (tertiary/aromatic N) is 1. The predicted molar refractivity (Wildman–Crippen MR) is 61.7 cm³/mol. The maximum atomic E-state index is 9.22. The molecule has 1 aromatic carbocycles. The second kappa shape index (κ2) is 4.77. The number of hydrogen-bond donors (Lipinski definition) is 1. The molecule has 1 N–H and O–H groups in total. The normalized spacial score (nSPS) is 24.3. The highest BCUT2D eigenvalue weighted by Crippen LogP contribution is 2.33. The molecular weight excluding hydrogens is 186 g/mol. The van der Waals surface area contributed by atoms with Crippen LogP contribution in [0.5, 0.6) is 0 Å². The molecule has 82 valence electrons. The van der Waals surface area contributed by atoms with Crippen molar-refractivity contribution in [2.45, 2.75) is 31.8 Å². The second-order valence-electron chi connectivity index (χ2n) is 4.34. The Balaban J connectivity index is 2.15. The van der Waals surface area contributed by atoms with Gasteiger partial charge >= 0.3 is 0 Å². The van der Waals surface area contributed by atoms with Crippen molar-refractivity contribution in [1.29, 1.82) is 0 Å². The van der Waals surface area contributed by atoms with Crippen molar-refractivity contribution >= 4 is 0 Å². The van der Waals surface area contributed by atoms with Gasteiger partial charge in [0.05, 0.1) is 6.61 Å². The van der Waals surface area contributed by atoms with Gasteiger partial charge in [-0.15, -0.1) is 0 Å². The third-order valence-electron chi connectivity index (χ3n) is 3.31. The number of likely N-dealkylation sites (tertiary alicyclic amines) is 1. The molecule has 1 fully saturated rings. The van der Waals surface area contributed by atoms with Crippen molar-refractivity contribution in [3.05, 3.63) is 35.9 Å². The minimum atomic E-state index is 0.253. The summed E-state index contributed by atoms with van der Waals surface area (Å²) < 4.78 is 0. The van der Waals surface area contributed by atoms with Crippen LogP contribution < -0.4 is 0 Å². The zero-order valence-corrected chi connectivity index (χ0v) is 9.26. The molecule has 0 spiro atoms. The lowest BCUT2D eigenvalue weighted by Gasteiger charge is -2.29. The fourth-order valence-electron chi connectivity index (χ4n) is 2.45. The standard InChI is InChI=1S/C13H19NO/c1-11(10-15)14-9-5-8-13(14)12-6-3-2-4-7-12/h2-4,6-7,11,13,15H,5,8-10H2,1H3. The van der Waals surface area contributed by atoms with E-state index in [0.717, 1.165) is 6.54 Å². The minimum Gasteiger partial charge on any atom is -0.395 e. The van der Waals surface area contributed by atoms with Gasteiger partial charge in [-0.25, -0.2) is 0 Å². The molecule has 2 heteroatoms. The van der Waals surface area contributed by atoms with Gasteiger partial charge in [-0.2, -0.15) is 0 Å². The first-order valence-electron chi connectivity index (χ1n) is 5.74. The first-order valence-corrected chi connectivity index (χ1v) is 5.74. The Kier molecular flexibility index (Phi) is 3.39. The molecule has 15 heavy (non-hydrogen) atoms. The van der Waals surface area contributed by atoms with Gasteiger partial charge in [0.1, 0.15) is 0 Å². The molecule has 0 amide bonds. The number of benzene rings is 1. The van der Waals surface area contributed by atoms with Gasteiger partial charge in [-0.3, -0.25) is 4.90 Å². The van der Waals surface area contributed by atoms with E-state index in [0.29, 0.717) is 6.04 Å². The Hall–Kier alpha value is -0.860. The molecule has 1 aliphatic rings. The van der Waals surface area contributed by atoms with Gasteiger partial charge in [-0.1, -0.05) is 30.3 Å². The zero-order chi connectivity index (χ0) is 10.7. The van der Waals surface area contributed by atoms with E-state index in [1.807, 2.05) is 0 Å². The van der Waals surface area contributed by atoms with Crippen LogP contribution in [0.3, 0.4) is 0 Å². The van der Waals surface area contributed by atoms with Gasteiger partial charge < -0.3 is 5.11 Å². The summed E-state index contributed by atoms with van der Waals surface area (Å²) in [6.45, 7) is 3.46. The first-order chi connectivity index (χ1) is 7.33. The van der Waals surface area contributed by atoms with Crippen molar-refractivity contribution < 1.29 is 5.11 Å². The van der Waals surface area contributed by atoms with E-state index in [2.05, 4.69) is 42.2 Å². The van der Waals surface area contributed by atoms with Crippen LogP contribution in [0.15, 0.2) is 30.3 Å². The number of aliphatic hydroxyl groups is 1. The molecule has 0 saturated carbocycles. The summed E-state index contributed by atoms with van der Waals surface area (Å²) in [4.78, 5) is 2.41. The Labute approximate surface area is 91.5 Å². The molecule has 1 aromatic rings. The number of aliphatic hydroxyl groups excluding tert-OH is 1. The smallest absolute Gasteiger partial charge is 0.0584 e. The predicted octanol–water partition coefficient (Wildman–Crippen LogP) is 2.20. The molecule has 1 saturated heterocycles. The van der Waals surface area contributed by atoms with Gasteiger partial charge in [-0.05, 0) is 31.9 Å². The molecule has 1 heterocycles. The largest absolute Gasteiger partial charge is 0.395 e. The van der Waals surface area contributed by atoms with Crippen molar-refractivity contribution in [2.75, 3.05) is 13.2 Å². The van der Waals surface area contributed by atoms with E-state index < -0.39 is 0 Å². The minimum absolute atomic E-state index is 0.253.